The zero-order chi connectivity index (χ0) is 22.0. The van der Waals surface area contributed by atoms with E-state index in [1.165, 1.54) is 16.9 Å². The summed E-state index contributed by atoms with van der Waals surface area (Å²) < 4.78 is 0. The summed E-state index contributed by atoms with van der Waals surface area (Å²) >= 11 is 1.32. The standard InChI is InChI=1S/C23H28N4O3S/c1-3-15-5-7-17(8-6-15)18-14-31-21(24-18)25-19(28)13-27-20(29)23(26-22(27)30)11-9-16(4-2)10-12-23/h5-8,14,16H,3-4,9-13H2,1-2H3,(H,26,30)(H,24,25,28). The van der Waals surface area contributed by atoms with Gasteiger partial charge >= 0.3 is 6.03 Å². The number of hydrogen-bond donors (Lipinski definition) is 2. The molecule has 2 fully saturated rings. The molecule has 31 heavy (non-hydrogen) atoms. The predicted octanol–water partition coefficient (Wildman–Crippen LogP) is 4.20. The highest BCUT2D eigenvalue weighted by molar-refractivity contribution is 7.14. The fourth-order valence-corrected chi connectivity index (χ4v) is 5.15. The fourth-order valence-electron chi connectivity index (χ4n) is 4.41. The van der Waals surface area contributed by atoms with Gasteiger partial charge in [-0.1, -0.05) is 44.5 Å². The quantitative estimate of drug-likeness (QED) is 0.659. The second kappa shape index (κ2) is 8.78. The van der Waals surface area contributed by atoms with Crippen LogP contribution in [0.2, 0.25) is 0 Å². The van der Waals surface area contributed by atoms with E-state index in [9.17, 15) is 14.4 Å². The third kappa shape index (κ3) is 4.35. The summed E-state index contributed by atoms with van der Waals surface area (Å²) in [5.41, 5.74) is 2.18. The van der Waals surface area contributed by atoms with E-state index in [-0.39, 0.29) is 12.5 Å². The van der Waals surface area contributed by atoms with E-state index in [4.69, 9.17) is 0 Å². The number of carbonyl (C=O) groups is 3. The van der Waals surface area contributed by atoms with Crippen molar-refractivity contribution in [3.8, 4) is 11.3 Å². The first-order valence-corrected chi connectivity index (χ1v) is 11.8. The molecule has 0 unspecified atom stereocenters. The second-order valence-corrected chi connectivity index (χ2v) is 9.25. The van der Waals surface area contributed by atoms with Crippen molar-refractivity contribution in [1.29, 1.82) is 0 Å². The molecule has 2 aliphatic rings. The molecule has 8 heteroatoms. The monoisotopic (exact) mass is 440 g/mol. The molecule has 7 nitrogen and oxygen atoms in total. The van der Waals surface area contributed by atoms with E-state index in [1.54, 1.807) is 0 Å². The molecule has 1 aliphatic heterocycles. The fraction of sp³-hybridized carbons (Fsp3) is 0.478. The topological polar surface area (TPSA) is 91.4 Å². The van der Waals surface area contributed by atoms with Crippen molar-refractivity contribution in [3.05, 3.63) is 35.2 Å². The lowest BCUT2D eigenvalue weighted by molar-refractivity contribution is -0.135. The number of rotatable bonds is 6. The molecular weight excluding hydrogens is 412 g/mol. The number of thiazole rings is 1. The van der Waals surface area contributed by atoms with Crippen LogP contribution in [0.1, 0.15) is 51.5 Å². The van der Waals surface area contributed by atoms with Crippen molar-refractivity contribution in [2.24, 2.45) is 5.92 Å². The van der Waals surface area contributed by atoms with Gasteiger partial charge in [0.15, 0.2) is 5.13 Å². The molecule has 1 aromatic carbocycles. The van der Waals surface area contributed by atoms with Crippen molar-refractivity contribution in [2.75, 3.05) is 11.9 Å². The number of imide groups is 1. The molecule has 1 saturated heterocycles. The number of nitrogens with zero attached hydrogens (tertiary/aromatic N) is 2. The van der Waals surface area contributed by atoms with Gasteiger partial charge in [-0.25, -0.2) is 9.78 Å². The predicted molar refractivity (Wildman–Crippen MR) is 121 cm³/mol. The molecule has 4 amide bonds. The van der Waals surface area contributed by atoms with Crippen molar-refractivity contribution in [3.63, 3.8) is 0 Å². The van der Waals surface area contributed by atoms with Crippen LogP contribution in [0, 0.1) is 5.92 Å². The van der Waals surface area contributed by atoms with Gasteiger partial charge in [0, 0.05) is 10.9 Å². The summed E-state index contributed by atoms with van der Waals surface area (Å²) in [5, 5.41) is 7.92. The van der Waals surface area contributed by atoms with Gasteiger partial charge in [-0.3, -0.25) is 14.5 Å². The Morgan fingerprint density at radius 3 is 2.58 bits per heavy atom. The molecule has 1 aliphatic carbocycles. The third-order valence-electron chi connectivity index (χ3n) is 6.49. The number of carbonyl (C=O) groups excluding carboxylic acids is 3. The lowest BCUT2D eigenvalue weighted by Gasteiger charge is -2.34. The minimum Gasteiger partial charge on any atom is -0.323 e. The summed E-state index contributed by atoms with van der Waals surface area (Å²) in [6.07, 6.45) is 5.18. The smallest absolute Gasteiger partial charge is 0.323 e. The van der Waals surface area contributed by atoms with Gasteiger partial charge in [0.25, 0.3) is 5.91 Å². The van der Waals surface area contributed by atoms with Crippen molar-refractivity contribution >= 4 is 34.3 Å². The maximum atomic E-state index is 13.0. The van der Waals surface area contributed by atoms with Crippen LogP contribution in [0.4, 0.5) is 9.93 Å². The largest absolute Gasteiger partial charge is 0.325 e. The summed E-state index contributed by atoms with van der Waals surface area (Å²) in [6, 6.07) is 7.67. The number of benzene rings is 1. The molecule has 0 radical (unpaired) electrons. The van der Waals surface area contributed by atoms with Gasteiger partial charge < -0.3 is 10.6 Å². The van der Waals surface area contributed by atoms with Gasteiger partial charge in [0.1, 0.15) is 12.1 Å². The third-order valence-corrected chi connectivity index (χ3v) is 7.25. The van der Waals surface area contributed by atoms with E-state index >= 15 is 0 Å². The lowest BCUT2D eigenvalue weighted by Crippen LogP contribution is -2.49. The molecule has 4 rings (SSSR count). The van der Waals surface area contributed by atoms with Crippen LogP contribution in [0.3, 0.4) is 0 Å². The first-order chi connectivity index (χ1) is 14.9. The zero-order valence-corrected chi connectivity index (χ0v) is 18.8. The van der Waals surface area contributed by atoms with Gasteiger partial charge in [0.05, 0.1) is 5.69 Å². The van der Waals surface area contributed by atoms with Crippen LogP contribution in [-0.2, 0) is 16.0 Å². The van der Waals surface area contributed by atoms with Gasteiger partial charge in [-0.05, 0) is 43.6 Å². The van der Waals surface area contributed by atoms with E-state index in [1.807, 2.05) is 17.5 Å². The first-order valence-electron chi connectivity index (χ1n) is 10.9. The van der Waals surface area contributed by atoms with Gasteiger partial charge in [-0.15, -0.1) is 11.3 Å². The van der Waals surface area contributed by atoms with Crippen LogP contribution >= 0.6 is 11.3 Å². The second-order valence-electron chi connectivity index (χ2n) is 8.39. The molecule has 1 spiro atoms. The lowest BCUT2D eigenvalue weighted by atomic mass is 9.75. The molecular formula is C23H28N4O3S. The van der Waals surface area contributed by atoms with Crippen molar-refractivity contribution in [2.45, 2.75) is 57.9 Å². The molecule has 1 aromatic heterocycles. The van der Waals surface area contributed by atoms with E-state index < -0.39 is 17.5 Å². The number of nitrogens with one attached hydrogen (secondary N) is 2. The van der Waals surface area contributed by atoms with Crippen LogP contribution < -0.4 is 10.6 Å². The Kier molecular flexibility index (Phi) is 6.09. The molecule has 2 heterocycles. The summed E-state index contributed by atoms with van der Waals surface area (Å²) in [4.78, 5) is 43.5. The maximum absolute atomic E-state index is 13.0. The van der Waals surface area contributed by atoms with E-state index in [0.717, 1.165) is 41.8 Å². The number of amides is 4. The maximum Gasteiger partial charge on any atom is 0.325 e. The Bertz CT molecular complexity index is 977. The van der Waals surface area contributed by atoms with Gasteiger partial charge in [0.2, 0.25) is 5.91 Å². The van der Waals surface area contributed by atoms with Crippen LogP contribution in [0.25, 0.3) is 11.3 Å². The Hall–Kier alpha value is -2.74. The Labute approximate surface area is 186 Å². The average Bonchev–Trinajstić information content (AvgIpc) is 3.33. The molecule has 1 saturated carbocycles. The highest BCUT2D eigenvalue weighted by Crippen LogP contribution is 2.37. The minimum atomic E-state index is -0.831. The number of hydrogen-bond acceptors (Lipinski definition) is 5. The molecule has 0 atom stereocenters. The Morgan fingerprint density at radius 2 is 1.94 bits per heavy atom. The zero-order valence-electron chi connectivity index (χ0n) is 17.9. The SMILES string of the molecule is CCc1ccc(-c2csc(NC(=O)CN3C(=O)NC4(CCC(CC)CC4)C3=O)n2)cc1. The molecule has 164 valence electrons. The number of anilines is 1. The summed E-state index contributed by atoms with van der Waals surface area (Å²) in [7, 11) is 0. The highest BCUT2D eigenvalue weighted by atomic mass is 32.1. The average molecular weight is 441 g/mol. The molecule has 0 bridgehead atoms. The van der Waals surface area contributed by atoms with Gasteiger partial charge in [-0.2, -0.15) is 0 Å². The normalized spacial score (nSPS) is 23.3. The summed E-state index contributed by atoms with van der Waals surface area (Å²) in [6.45, 7) is 3.96. The first kappa shape index (κ1) is 21.5. The Morgan fingerprint density at radius 1 is 1.23 bits per heavy atom. The molecule has 2 aromatic rings. The molecule has 2 N–H and O–H groups in total. The van der Waals surface area contributed by atoms with Crippen LogP contribution in [-0.4, -0.2) is 39.8 Å². The van der Waals surface area contributed by atoms with Crippen LogP contribution in [0.5, 0.6) is 0 Å². The van der Waals surface area contributed by atoms with E-state index in [0.29, 0.717) is 23.9 Å². The van der Waals surface area contributed by atoms with Crippen LogP contribution in [0.15, 0.2) is 29.6 Å². The number of aryl methyl sites for hydroxylation is 1. The minimum absolute atomic E-state index is 0.280. The number of urea groups is 1. The van der Waals surface area contributed by atoms with Crippen molar-refractivity contribution in [1.82, 2.24) is 15.2 Å². The number of aromatic nitrogens is 1. The van der Waals surface area contributed by atoms with Crippen molar-refractivity contribution < 1.29 is 14.4 Å². The highest BCUT2D eigenvalue weighted by Gasteiger charge is 2.52. The Balaban J connectivity index is 1.37. The van der Waals surface area contributed by atoms with E-state index in [2.05, 4.69) is 41.6 Å². The summed E-state index contributed by atoms with van der Waals surface area (Å²) in [5.74, 6) is -0.104.